The molecule has 0 bridgehead atoms. The van der Waals surface area contributed by atoms with Gasteiger partial charge in [0.1, 0.15) is 5.52 Å². The number of imidazole rings is 1. The molecule has 0 aliphatic carbocycles. The van der Waals surface area contributed by atoms with Crippen molar-refractivity contribution in [3.05, 3.63) is 53.9 Å². The third-order valence-corrected chi connectivity index (χ3v) is 4.08. The minimum Gasteiger partial charge on any atom is -0.364 e. The van der Waals surface area contributed by atoms with Crippen LogP contribution < -0.4 is 5.32 Å². The number of hydrogen-bond acceptors (Lipinski definition) is 6. The van der Waals surface area contributed by atoms with E-state index >= 15 is 0 Å². The fourth-order valence-electron chi connectivity index (χ4n) is 2.17. The first kappa shape index (κ1) is 12.9. The van der Waals surface area contributed by atoms with Crippen LogP contribution in [0.1, 0.15) is 5.56 Å². The molecule has 2 N–H and O–H groups in total. The van der Waals surface area contributed by atoms with Gasteiger partial charge in [-0.25, -0.2) is 15.0 Å². The molecule has 22 heavy (non-hydrogen) atoms. The summed E-state index contributed by atoms with van der Waals surface area (Å²) < 4.78 is 0. The third-order valence-electron chi connectivity index (χ3n) is 3.21. The molecule has 0 amide bonds. The smallest absolute Gasteiger partial charge is 0.183 e. The molecule has 0 aliphatic heterocycles. The highest BCUT2D eigenvalue weighted by molar-refractivity contribution is 7.13. The Balaban J connectivity index is 1.71. The molecule has 4 aromatic rings. The number of anilines is 1. The number of H-pyrrole nitrogens is 1. The molecule has 0 atom stereocenters. The summed E-state index contributed by atoms with van der Waals surface area (Å²) in [6.07, 6.45) is 5.22. The van der Waals surface area contributed by atoms with Crippen LogP contribution in [0.4, 0.5) is 5.82 Å². The number of nitrogens with one attached hydrogen (secondary N) is 2. The second-order valence-corrected chi connectivity index (χ2v) is 5.64. The number of nitrogens with zero attached hydrogens (tertiary/aromatic N) is 4. The third kappa shape index (κ3) is 2.42. The van der Waals surface area contributed by atoms with E-state index in [1.165, 1.54) is 0 Å². The summed E-state index contributed by atoms with van der Waals surface area (Å²) in [6.45, 7) is 0.642. The van der Waals surface area contributed by atoms with E-state index in [1.807, 2.05) is 35.8 Å². The van der Waals surface area contributed by atoms with Crippen molar-refractivity contribution in [1.29, 1.82) is 0 Å². The van der Waals surface area contributed by atoms with Gasteiger partial charge >= 0.3 is 0 Å². The Morgan fingerprint density at radius 2 is 2.18 bits per heavy atom. The normalized spacial score (nSPS) is 10.9. The van der Waals surface area contributed by atoms with Crippen molar-refractivity contribution in [2.75, 3.05) is 5.32 Å². The van der Waals surface area contributed by atoms with Crippen LogP contribution in [0.25, 0.3) is 21.9 Å². The molecule has 0 aliphatic rings. The van der Waals surface area contributed by atoms with Gasteiger partial charge in [-0.3, -0.25) is 4.98 Å². The van der Waals surface area contributed by atoms with Crippen molar-refractivity contribution in [3.8, 4) is 10.7 Å². The summed E-state index contributed by atoms with van der Waals surface area (Å²) in [4.78, 5) is 21.6. The Bertz CT molecular complexity index is 885. The number of rotatable bonds is 4. The van der Waals surface area contributed by atoms with E-state index in [4.69, 9.17) is 0 Å². The van der Waals surface area contributed by atoms with Crippen molar-refractivity contribution in [2.45, 2.75) is 6.54 Å². The molecule has 0 saturated carbocycles. The van der Waals surface area contributed by atoms with E-state index in [2.05, 4.69) is 30.2 Å². The minimum atomic E-state index is 0.642. The Labute approximate surface area is 130 Å². The average Bonchev–Trinajstić information content (AvgIpc) is 3.24. The van der Waals surface area contributed by atoms with E-state index in [-0.39, 0.29) is 0 Å². The summed E-state index contributed by atoms with van der Waals surface area (Å²) in [7, 11) is 0. The summed E-state index contributed by atoms with van der Waals surface area (Å²) in [6, 6.07) is 7.93. The van der Waals surface area contributed by atoms with Gasteiger partial charge in [-0.1, -0.05) is 12.1 Å². The van der Waals surface area contributed by atoms with Crippen molar-refractivity contribution in [1.82, 2.24) is 24.9 Å². The minimum absolute atomic E-state index is 0.642. The van der Waals surface area contributed by atoms with Crippen LogP contribution in [-0.4, -0.2) is 24.9 Å². The summed E-state index contributed by atoms with van der Waals surface area (Å²) >= 11 is 1.61. The lowest BCUT2D eigenvalue weighted by atomic mass is 10.3. The number of thiophene rings is 1. The van der Waals surface area contributed by atoms with E-state index in [0.717, 1.165) is 21.8 Å². The van der Waals surface area contributed by atoms with Gasteiger partial charge in [0.2, 0.25) is 0 Å². The monoisotopic (exact) mass is 308 g/mol. The van der Waals surface area contributed by atoms with Gasteiger partial charge in [0.25, 0.3) is 0 Å². The van der Waals surface area contributed by atoms with Crippen LogP contribution in [0.15, 0.2) is 48.4 Å². The highest BCUT2D eigenvalue weighted by Crippen LogP contribution is 2.26. The molecule has 0 unspecified atom stereocenters. The molecule has 0 fully saturated rings. The molecule has 4 aromatic heterocycles. The van der Waals surface area contributed by atoms with Gasteiger partial charge in [0.05, 0.1) is 11.2 Å². The van der Waals surface area contributed by atoms with Gasteiger partial charge < -0.3 is 10.3 Å². The molecular weight excluding hydrogens is 296 g/mol. The number of hydrogen-bond donors (Lipinski definition) is 2. The quantitative estimate of drug-likeness (QED) is 0.605. The zero-order valence-electron chi connectivity index (χ0n) is 11.5. The van der Waals surface area contributed by atoms with Crippen LogP contribution in [-0.2, 0) is 6.54 Å². The Morgan fingerprint density at radius 3 is 3.00 bits per heavy atom. The molecule has 4 rings (SSSR count). The maximum absolute atomic E-state index is 4.63. The molecule has 0 aromatic carbocycles. The molecule has 0 spiro atoms. The SMILES string of the molecule is c1cncc(CNc2nc(-c3cccs3)nc3nc[nH]c23)c1. The topological polar surface area (TPSA) is 79.4 Å². The van der Waals surface area contributed by atoms with Crippen LogP contribution in [0.2, 0.25) is 0 Å². The summed E-state index contributed by atoms with van der Waals surface area (Å²) in [5.74, 6) is 1.43. The molecule has 0 radical (unpaired) electrons. The number of aromatic nitrogens is 5. The van der Waals surface area contributed by atoms with Crippen LogP contribution in [0, 0.1) is 0 Å². The zero-order chi connectivity index (χ0) is 14.8. The predicted octanol–water partition coefficient (Wildman–Crippen LogP) is 3.09. The molecule has 4 heterocycles. The van der Waals surface area contributed by atoms with Crippen molar-refractivity contribution in [3.63, 3.8) is 0 Å². The predicted molar refractivity (Wildman–Crippen MR) is 86.6 cm³/mol. The van der Waals surface area contributed by atoms with Crippen molar-refractivity contribution in [2.24, 2.45) is 0 Å². The molecule has 0 saturated heterocycles. The van der Waals surface area contributed by atoms with Gasteiger partial charge in [0.15, 0.2) is 17.3 Å². The summed E-state index contributed by atoms with van der Waals surface area (Å²) in [5.41, 5.74) is 2.56. The first-order chi connectivity index (χ1) is 10.9. The lowest BCUT2D eigenvalue weighted by Gasteiger charge is -2.07. The molecule has 6 nitrogen and oxygen atoms in total. The van der Waals surface area contributed by atoms with Gasteiger partial charge in [-0.15, -0.1) is 11.3 Å². The first-order valence-electron chi connectivity index (χ1n) is 6.78. The maximum atomic E-state index is 4.63. The number of pyridine rings is 1. The number of fused-ring (bicyclic) bond motifs is 1. The summed E-state index contributed by atoms with van der Waals surface area (Å²) in [5, 5.41) is 5.34. The van der Waals surface area contributed by atoms with E-state index in [1.54, 1.807) is 23.9 Å². The Morgan fingerprint density at radius 1 is 1.18 bits per heavy atom. The van der Waals surface area contributed by atoms with Crippen molar-refractivity contribution >= 4 is 28.3 Å². The molecular formula is C15H12N6S. The van der Waals surface area contributed by atoms with Crippen LogP contribution >= 0.6 is 11.3 Å². The van der Waals surface area contributed by atoms with Gasteiger partial charge in [-0.2, -0.15) is 0 Å². The van der Waals surface area contributed by atoms with E-state index in [0.29, 0.717) is 18.0 Å². The highest BCUT2D eigenvalue weighted by Gasteiger charge is 2.11. The van der Waals surface area contributed by atoms with Crippen molar-refractivity contribution < 1.29 is 0 Å². The Kier molecular flexibility index (Phi) is 3.24. The lowest BCUT2D eigenvalue weighted by molar-refractivity contribution is 1.08. The van der Waals surface area contributed by atoms with E-state index < -0.39 is 0 Å². The maximum Gasteiger partial charge on any atom is 0.183 e. The Hall–Kier alpha value is -2.80. The van der Waals surface area contributed by atoms with Gasteiger partial charge in [-0.05, 0) is 23.1 Å². The van der Waals surface area contributed by atoms with E-state index in [9.17, 15) is 0 Å². The second kappa shape index (κ2) is 5.53. The van der Waals surface area contributed by atoms with Crippen LogP contribution in [0.5, 0.6) is 0 Å². The number of aromatic amines is 1. The molecule has 7 heteroatoms. The zero-order valence-corrected chi connectivity index (χ0v) is 12.3. The second-order valence-electron chi connectivity index (χ2n) is 4.69. The largest absolute Gasteiger partial charge is 0.364 e. The van der Waals surface area contributed by atoms with Crippen LogP contribution in [0.3, 0.4) is 0 Å². The fraction of sp³-hybridized carbons (Fsp3) is 0.0667. The standard InChI is InChI=1S/C15H12N6S/c1-3-10(7-16-5-1)8-17-14-12-15(19-9-18-12)21-13(20-14)11-4-2-6-22-11/h1-7,9H,8H2,(H2,17,18,19,20,21). The fourth-order valence-corrected chi connectivity index (χ4v) is 2.82. The first-order valence-corrected chi connectivity index (χ1v) is 7.66. The van der Waals surface area contributed by atoms with Gasteiger partial charge in [0, 0.05) is 18.9 Å². The highest BCUT2D eigenvalue weighted by atomic mass is 32.1. The molecule has 108 valence electrons. The average molecular weight is 308 g/mol. The lowest BCUT2D eigenvalue weighted by Crippen LogP contribution is -2.04.